The summed E-state index contributed by atoms with van der Waals surface area (Å²) in [6.45, 7) is 5.61. The van der Waals surface area contributed by atoms with Crippen LogP contribution < -0.4 is 5.73 Å². The molecule has 0 aliphatic heterocycles. The van der Waals surface area contributed by atoms with Gasteiger partial charge >= 0.3 is 0 Å². The fourth-order valence-electron chi connectivity index (χ4n) is 1.66. The molecular weight excluding hydrogens is 270 g/mol. The molecule has 0 aliphatic carbocycles. The molecule has 0 saturated heterocycles. The first-order valence-electron chi connectivity index (χ1n) is 5.12. The van der Waals surface area contributed by atoms with E-state index in [1.54, 1.807) is 0 Å². The van der Waals surface area contributed by atoms with Crippen molar-refractivity contribution in [1.29, 1.82) is 0 Å². The lowest BCUT2D eigenvalue weighted by Gasteiger charge is -2.04. The zero-order valence-corrected chi connectivity index (χ0v) is 10.9. The van der Waals surface area contributed by atoms with E-state index in [0.717, 1.165) is 22.4 Å². The van der Waals surface area contributed by atoms with Crippen LogP contribution in [0.3, 0.4) is 0 Å². The van der Waals surface area contributed by atoms with Crippen molar-refractivity contribution in [3.05, 3.63) is 28.1 Å². The van der Waals surface area contributed by atoms with Crippen LogP contribution in [0.4, 0.5) is 5.82 Å². The molecule has 0 fully saturated rings. The second-order valence-electron chi connectivity index (χ2n) is 3.65. The summed E-state index contributed by atoms with van der Waals surface area (Å²) in [7, 11) is 0. The Morgan fingerprint density at radius 1 is 1.44 bits per heavy atom. The fraction of sp³-hybridized carbons (Fsp3) is 0.400. The molecule has 0 unspecified atom stereocenters. The molecular formula is C10H14BrN5. The highest BCUT2D eigenvalue weighted by Gasteiger charge is 2.07. The minimum absolute atomic E-state index is 0.513. The lowest BCUT2D eigenvalue weighted by molar-refractivity contribution is 0.576. The predicted molar refractivity (Wildman–Crippen MR) is 66.1 cm³/mol. The highest BCUT2D eigenvalue weighted by molar-refractivity contribution is 9.10. The lowest BCUT2D eigenvalue weighted by Crippen LogP contribution is -2.08. The van der Waals surface area contributed by atoms with E-state index < -0.39 is 0 Å². The van der Waals surface area contributed by atoms with E-state index in [1.807, 2.05) is 22.5 Å². The van der Waals surface area contributed by atoms with Gasteiger partial charge in [0, 0.05) is 12.7 Å². The van der Waals surface area contributed by atoms with Crippen molar-refractivity contribution >= 4 is 21.7 Å². The van der Waals surface area contributed by atoms with Gasteiger partial charge in [-0.05, 0) is 35.8 Å². The van der Waals surface area contributed by atoms with Crippen LogP contribution in [0.1, 0.15) is 18.3 Å². The van der Waals surface area contributed by atoms with Gasteiger partial charge < -0.3 is 5.73 Å². The van der Waals surface area contributed by atoms with Gasteiger partial charge in [-0.15, -0.1) is 0 Å². The van der Waals surface area contributed by atoms with Crippen molar-refractivity contribution in [2.24, 2.45) is 0 Å². The van der Waals surface area contributed by atoms with Crippen LogP contribution in [0.15, 0.2) is 16.7 Å². The molecule has 16 heavy (non-hydrogen) atoms. The summed E-state index contributed by atoms with van der Waals surface area (Å²) >= 11 is 3.34. The van der Waals surface area contributed by atoms with Crippen molar-refractivity contribution < 1.29 is 0 Å². The minimum Gasteiger partial charge on any atom is -0.381 e. The summed E-state index contributed by atoms with van der Waals surface area (Å²) in [5, 5.41) is 8.58. The highest BCUT2D eigenvalue weighted by Crippen LogP contribution is 2.17. The van der Waals surface area contributed by atoms with Gasteiger partial charge in [-0.1, -0.05) is 0 Å². The van der Waals surface area contributed by atoms with Crippen LogP contribution in [0.5, 0.6) is 0 Å². The Hall–Kier alpha value is -1.30. The van der Waals surface area contributed by atoms with Gasteiger partial charge in [0.15, 0.2) is 5.82 Å². The molecule has 0 radical (unpaired) electrons. The number of nitrogens with two attached hydrogens (primary N) is 1. The summed E-state index contributed by atoms with van der Waals surface area (Å²) in [6, 6.07) is 2.06. The highest BCUT2D eigenvalue weighted by atomic mass is 79.9. The van der Waals surface area contributed by atoms with Crippen LogP contribution in [0.2, 0.25) is 0 Å². The van der Waals surface area contributed by atoms with E-state index in [9.17, 15) is 0 Å². The van der Waals surface area contributed by atoms with Crippen LogP contribution >= 0.6 is 15.9 Å². The Bertz CT molecular complexity index is 480. The van der Waals surface area contributed by atoms with Gasteiger partial charge in [0.05, 0.1) is 22.4 Å². The molecule has 0 aromatic carbocycles. The molecule has 2 heterocycles. The van der Waals surface area contributed by atoms with Crippen LogP contribution in [0.25, 0.3) is 0 Å². The van der Waals surface area contributed by atoms with Crippen molar-refractivity contribution in [3.8, 4) is 0 Å². The molecule has 2 aromatic rings. The maximum atomic E-state index is 5.67. The molecule has 0 spiro atoms. The Morgan fingerprint density at radius 2 is 2.19 bits per heavy atom. The maximum Gasteiger partial charge on any atom is 0.159 e. The number of aryl methyl sites for hydroxylation is 2. The summed E-state index contributed by atoms with van der Waals surface area (Å²) in [4.78, 5) is 0. The number of anilines is 1. The number of nitrogen functional groups attached to an aromatic ring is 1. The molecule has 0 bridgehead atoms. The Balaban J connectivity index is 2.26. The van der Waals surface area contributed by atoms with Gasteiger partial charge in [-0.3, -0.25) is 9.36 Å². The first-order chi connectivity index (χ1) is 7.60. The molecule has 2 N–H and O–H groups in total. The molecule has 0 atom stereocenters. The quantitative estimate of drug-likeness (QED) is 0.934. The minimum atomic E-state index is 0.513. The molecule has 2 rings (SSSR count). The monoisotopic (exact) mass is 283 g/mol. The molecule has 0 amide bonds. The van der Waals surface area contributed by atoms with E-state index >= 15 is 0 Å². The maximum absolute atomic E-state index is 5.67. The zero-order chi connectivity index (χ0) is 11.7. The van der Waals surface area contributed by atoms with Crippen LogP contribution in [-0.2, 0) is 13.1 Å². The Morgan fingerprint density at radius 3 is 2.75 bits per heavy atom. The van der Waals surface area contributed by atoms with Gasteiger partial charge in [-0.2, -0.15) is 10.2 Å². The fourth-order valence-corrected chi connectivity index (χ4v) is 1.97. The number of hydrogen-bond acceptors (Lipinski definition) is 3. The normalized spacial score (nSPS) is 10.9. The van der Waals surface area contributed by atoms with Crippen LogP contribution in [0, 0.1) is 6.92 Å². The molecule has 2 aromatic heterocycles. The Labute approximate surface area is 102 Å². The number of nitrogens with zero attached hydrogens (tertiary/aromatic N) is 4. The van der Waals surface area contributed by atoms with E-state index in [1.165, 1.54) is 0 Å². The predicted octanol–water partition coefficient (Wildman–Crippen LogP) is 1.80. The SMILES string of the molecule is CCn1nc(C)cc1Cn1cc(Br)c(N)n1. The molecule has 5 nitrogen and oxygen atoms in total. The molecule has 86 valence electrons. The summed E-state index contributed by atoms with van der Waals surface area (Å²) in [5.41, 5.74) is 7.83. The second kappa shape index (κ2) is 4.29. The van der Waals surface area contributed by atoms with Gasteiger partial charge in [0.1, 0.15) is 0 Å². The van der Waals surface area contributed by atoms with Crippen molar-refractivity contribution in [1.82, 2.24) is 19.6 Å². The number of halogens is 1. The van der Waals surface area contributed by atoms with Crippen molar-refractivity contribution in [2.45, 2.75) is 26.9 Å². The van der Waals surface area contributed by atoms with E-state index in [4.69, 9.17) is 5.73 Å². The molecule has 6 heteroatoms. The van der Waals surface area contributed by atoms with Gasteiger partial charge in [0.25, 0.3) is 0 Å². The third-order valence-corrected chi connectivity index (χ3v) is 2.96. The Kier molecular flexibility index (Phi) is 3.00. The third kappa shape index (κ3) is 2.11. The summed E-state index contributed by atoms with van der Waals surface area (Å²) < 4.78 is 4.61. The average Bonchev–Trinajstić information content (AvgIpc) is 2.72. The molecule has 0 saturated carbocycles. The molecule has 0 aliphatic rings. The zero-order valence-electron chi connectivity index (χ0n) is 9.31. The first-order valence-corrected chi connectivity index (χ1v) is 5.91. The topological polar surface area (TPSA) is 61.7 Å². The standard InChI is InChI=1S/C10H14BrN5/c1-3-16-8(4-7(2)13-16)5-15-6-9(11)10(12)14-15/h4,6H,3,5H2,1-2H3,(H2,12,14). The average molecular weight is 284 g/mol. The number of rotatable bonds is 3. The van der Waals surface area contributed by atoms with Gasteiger partial charge in [-0.25, -0.2) is 0 Å². The van der Waals surface area contributed by atoms with E-state index in [2.05, 4.69) is 39.1 Å². The number of aromatic nitrogens is 4. The van der Waals surface area contributed by atoms with E-state index in [0.29, 0.717) is 12.4 Å². The summed E-state index contributed by atoms with van der Waals surface area (Å²) in [5.74, 6) is 0.513. The first kappa shape index (κ1) is 11.2. The second-order valence-corrected chi connectivity index (χ2v) is 4.51. The summed E-state index contributed by atoms with van der Waals surface area (Å²) in [6.07, 6.45) is 1.87. The van der Waals surface area contributed by atoms with Crippen molar-refractivity contribution in [3.63, 3.8) is 0 Å². The third-order valence-electron chi connectivity index (χ3n) is 2.35. The lowest BCUT2D eigenvalue weighted by atomic mass is 10.3. The van der Waals surface area contributed by atoms with E-state index in [-0.39, 0.29) is 0 Å². The van der Waals surface area contributed by atoms with Gasteiger partial charge in [0.2, 0.25) is 0 Å². The van der Waals surface area contributed by atoms with Crippen molar-refractivity contribution in [2.75, 3.05) is 5.73 Å². The largest absolute Gasteiger partial charge is 0.381 e. The van der Waals surface area contributed by atoms with Crippen LogP contribution in [-0.4, -0.2) is 19.6 Å². The number of hydrogen-bond donors (Lipinski definition) is 1. The smallest absolute Gasteiger partial charge is 0.159 e.